The molecular weight excluding hydrogens is 489 g/mol. The van der Waals surface area contributed by atoms with Gasteiger partial charge >= 0.3 is 0 Å². The lowest BCUT2D eigenvalue weighted by Crippen LogP contribution is -1.78. The second kappa shape index (κ2) is 7.24. The molecule has 0 radical (unpaired) electrons. The van der Waals surface area contributed by atoms with Crippen molar-refractivity contribution in [1.29, 1.82) is 0 Å². The Bertz CT molecular complexity index is 1880. The zero-order chi connectivity index (χ0) is 22.2. The van der Waals surface area contributed by atoms with Gasteiger partial charge in [-0.15, -0.1) is 45.3 Å². The van der Waals surface area contributed by atoms with Crippen LogP contribution in [0.25, 0.3) is 72.0 Å². The summed E-state index contributed by atoms with van der Waals surface area (Å²) in [5.41, 5.74) is 2.60. The first-order valence-corrected chi connectivity index (χ1v) is 14.5. The first-order chi connectivity index (χ1) is 16.8. The third kappa shape index (κ3) is 2.87. The van der Waals surface area contributed by atoms with Gasteiger partial charge in [-0.1, -0.05) is 24.3 Å². The van der Waals surface area contributed by atoms with Crippen molar-refractivity contribution in [3.8, 4) is 20.9 Å². The highest BCUT2D eigenvalue weighted by Gasteiger charge is 2.11. The molecule has 0 saturated heterocycles. The summed E-state index contributed by atoms with van der Waals surface area (Å²) in [6.07, 6.45) is 0. The molecule has 0 fully saturated rings. The Kier molecular flexibility index (Phi) is 4.11. The second-order valence-corrected chi connectivity index (χ2v) is 12.7. The summed E-state index contributed by atoms with van der Waals surface area (Å²) >= 11 is 7.41. The first kappa shape index (κ1) is 19.3. The quantitative estimate of drug-likeness (QED) is 0.220. The molecule has 0 nitrogen and oxygen atoms in total. The van der Waals surface area contributed by atoms with Crippen LogP contribution in [0.4, 0.5) is 0 Å². The normalized spacial score (nSPS) is 12.1. The average Bonchev–Trinajstić information content (AvgIpc) is 3.65. The van der Waals surface area contributed by atoms with Crippen LogP contribution in [0, 0.1) is 0 Å². The van der Waals surface area contributed by atoms with Crippen LogP contribution in [-0.2, 0) is 0 Å². The van der Waals surface area contributed by atoms with Gasteiger partial charge in [0.1, 0.15) is 0 Å². The Balaban J connectivity index is 1.22. The van der Waals surface area contributed by atoms with Crippen molar-refractivity contribution >= 4 is 96.5 Å². The van der Waals surface area contributed by atoms with E-state index in [1.807, 2.05) is 45.3 Å². The molecule has 0 amide bonds. The van der Waals surface area contributed by atoms with Crippen LogP contribution in [0.3, 0.4) is 0 Å². The molecule has 4 aromatic carbocycles. The summed E-state index contributed by atoms with van der Waals surface area (Å²) in [7, 11) is 0. The maximum atomic E-state index is 2.37. The molecule has 0 saturated carbocycles. The summed E-state index contributed by atoms with van der Waals surface area (Å²) in [6.45, 7) is 0. The third-order valence-corrected chi connectivity index (χ3v) is 10.7. The van der Waals surface area contributed by atoms with Crippen LogP contribution in [0.2, 0.25) is 0 Å². The summed E-state index contributed by atoms with van der Waals surface area (Å²) in [5, 5.41) is 12.5. The first-order valence-electron chi connectivity index (χ1n) is 11.1. The maximum Gasteiger partial charge on any atom is 0.0356 e. The highest BCUT2D eigenvalue weighted by molar-refractivity contribution is 7.23. The highest BCUT2D eigenvalue weighted by Crippen LogP contribution is 2.41. The fourth-order valence-electron chi connectivity index (χ4n) is 4.96. The number of benzene rings is 4. The highest BCUT2D eigenvalue weighted by atomic mass is 32.1. The van der Waals surface area contributed by atoms with Crippen LogP contribution in [-0.4, -0.2) is 0 Å². The van der Waals surface area contributed by atoms with Crippen molar-refractivity contribution < 1.29 is 0 Å². The molecular formula is C30H16S4. The Hall–Kier alpha value is -3.02. The summed E-state index contributed by atoms with van der Waals surface area (Å²) in [4.78, 5) is 2.67. The number of hydrogen-bond donors (Lipinski definition) is 0. The zero-order valence-corrected chi connectivity index (χ0v) is 21.1. The van der Waals surface area contributed by atoms with E-state index in [4.69, 9.17) is 0 Å². The van der Waals surface area contributed by atoms with Gasteiger partial charge in [-0.2, -0.15) is 0 Å². The van der Waals surface area contributed by atoms with Gasteiger partial charge in [0.05, 0.1) is 0 Å². The van der Waals surface area contributed by atoms with Gasteiger partial charge in [-0.25, -0.2) is 0 Å². The minimum Gasteiger partial charge on any atom is -0.144 e. The van der Waals surface area contributed by atoms with Gasteiger partial charge in [0, 0.05) is 50.1 Å². The molecule has 34 heavy (non-hydrogen) atoms. The smallest absolute Gasteiger partial charge is 0.0356 e. The van der Waals surface area contributed by atoms with Gasteiger partial charge in [-0.05, 0) is 93.3 Å². The fourth-order valence-corrected chi connectivity index (χ4v) is 8.71. The van der Waals surface area contributed by atoms with Crippen molar-refractivity contribution in [3.63, 3.8) is 0 Å². The average molecular weight is 505 g/mol. The molecule has 0 unspecified atom stereocenters. The van der Waals surface area contributed by atoms with Crippen molar-refractivity contribution in [2.24, 2.45) is 0 Å². The fraction of sp³-hybridized carbons (Fsp3) is 0. The molecule has 0 spiro atoms. The Labute approximate surface area is 212 Å². The zero-order valence-electron chi connectivity index (χ0n) is 17.9. The molecule has 0 aliphatic heterocycles. The van der Waals surface area contributed by atoms with E-state index in [0.29, 0.717) is 0 Å². The molecule has 4 aromatic heterocycles. The third-order valence-electron chi connectivity index (χ3n) is 6.67. The van der Waals surface area contributed by atoms with Gasteiger partial charge in [-0.3, -0.25) is 0 Å². The van der Waals surface area contributed by atoms with Crippen molar-refractivity contribution in [1.82, 2.24) is 0 Å². The van der Waals surface area contributed by atoms with E-state index in [2.05, 4.69) is 95.7 Å². The monoisotopic (exact) mass is 504 g/mol. The maximum absolute atomic E-state index is 2.37. The SMILES string of the molecule is c1cc2c(ccc3sc(-c4ccc5cc(-c6cc7c(ccc8sccc87)s6)ccc5c4)cc32)s1. The van der Waals surface area contributed by atoms with E-state index >= 15 is 0 Å². The largest absolute Gasteiger partial charge is 0.144 e. The topological polar surface area (TPSA) is 0 Å². The minimum absolute atomic E-state index is 1.29. The molecule has 160 valence electrons. The molecule has 0 bridgehead atoms. The molecule has 0 N–H and O–H groups in total. The lowest BCUT2D eigenvalue weighted by atomic mass is 10.0. The van der Waals surface area contributed by atoms with E-state index in [1.54, 1.807) is 0 Å². The number of hydrogen-bond acceptors (Lipinski definition) is 4. The number of rotatable bonds is 2. The molecule has 0 aliphatic rings. The van der Waals surface area contributed by atoms with Crippen LogP contribution in [0.1, 0.15) is 0 Å². The number of thiophene rings is 4. The van der Waals surface area contributed by atoms with Crippen LogP contribution in [0.5, 0.6) is 0 Å². The minimum atomic E-state index is 1.29. The summed E-state index contributed by atoms with van der Waals surface area (Å²) in [5.74, 6) is 0. The van der Waals surface area contributed by atoms with Gasteiger partial charge < -0.3 is 0 Å². The molecule has 4 heteroatoms. The van der Waals surface area contributed by atoms with Crippen molar-refractivity contribution in [3.05, 3.63) is 95.7 Å². The Morgan fingerprint density at radius 3 is 1.35 bits per heavy atom. The van der Waals surface area contributed by atoms with Crippen molar-refractivity contribution in [2.75, 3.05) is 0 Å². The summed E-state index contributed by atoms with van der Waals surface area (Å²) < 4.78 is 5.45. The Morgan fingerprint density at radius 1 is 0.382 bits per heavy atom. The van der Waals surface area contributed by atoms with E-state index < -0.39 is 0 Å². The Morgan fingerprint density at radius 2 is 0.853 bits per heavy atom. The van der Waals surface area contributed by atoms with Crippen LogP contribution < -0.4 is 0 Å². The van der Waals surface area contributed by atoms with E-state index in [1.165, 1.54) is 72.0 Å². The van der Waals surface area contributed by atoms with Gasteiger partial charge in [0.15, 0.2) is 0 Å². The molecule has 8 aromatic rings. The predicted octanol–water partition coefficient (Wildman–Crippen LogP) is 11.0. The molecule has 0 atom stereocenters. The van der Waals surface area contributed by atoms with E-state index in [9.17, 15) is 0 Å². The lowest BCUT2D eigenvalue weighted by molar-refractivity contribution is 1.73. The van der Waals surface area contributed by atoms with Gasteiger partial charge in [0.25, 0.3) is 0 Å². The van der Waals surface area contributed by atoms with Crippen LogP contribution in [0.15, 0.2) is 95.7 Å². The van der Waals surface area contributed by atoms with E-state index in [-0.39, 0.29) is 0 Å². The second-order valence-electron chi connectivity index (χ2n) is 8.62. The molecule has 8 rings (SSSR count). The number of fused-ring (bicyclic) bond motifs is 7. The predicted molar refractivity (Wildman–Crippen MR) is 156 cm³/mol. The molecule has 4 heterocycles. The summed E-state index contributed by atoms with van der Waals surface area (Å²) in [6, 6.07) is 32.1. The van der Waals surface area contributed by atoms with Gasteiger partial charge in [0.2, 0.25) is 0 Å². The van der Waals surface area contributed by atoms with E-state index in [0.717, 1.165) is 0 Å². The van der Waals surface area contributed by atoms with Crippen LogP contribution >= 0.6 is 45.3 Å². The molecule has 0 aliphatic carbocycles. The standard InChI is InChI=1S/C30H16S4/c1-3-19(29-15-23-21-9-11-31-25(21)5-7-27(23)33-29)14-18-2-4-20(13-17(1)18)30-16-24-22-10-12-32-26(22)6-8-28(24)34-30/h1-16H. The van der Waals surface area contributed by atoms with Crippen molar-refractivity contribution in [2.45, 2.75) is 0 Å². The lowest BCUT2D eigenvalue weighted by Gasteiger charge is -2.04.